The molecule has 5 rings (SSSR count). The summed E-state index contributed by atoms with van der Waals surface area (Å²) in [6.45, 7) is 1.93. The minimum Gasteiger partial charge on any atom is -0.337 e. The molecule has 2 aromatic carbocycles. The number of aryl methyl sites for hydroxylation is 1. The Morgan fingerprint density at radius 3 is 2.74 bits per heavy atom. The summed E-state index contributed by atoms with van der Waals surface area (Å²) in [5.41, 5.74) is 1.98. The van der Waals surface area contributed by atoms with Crippen LogP contribution in [-0.4, -0.2) is 39.0 Å². The predicted molar refractivity (Wildman–Crippen MR) is 106 cm³/mol. The van der Waals surface area contributed by atoms with Gasteiger partial charge in [0.25, 0.3) is 11.8 Å². The van der Waals surface area contributed by atoms with Gasteiger partial charge in [-0.15, -0.1) is 0 Å². The molecule has 1 aromatic heterocycles. The molecule has 3 heterocycles. The van der Waals surface area contributed by atoms with E-state index in [2.05, 4.69) is 20.5 Å². The number of benzene rings is 2. The summed E-state index contributed by atoms with van der Waals surface area (Å²) >= 11 is 5.80. The molecule has 2 amide bonds. The van der Waals surface area contributed by atoms with E-state index in [9.17, 15) is 14.0 Å². The highest BCUT2D eigenvalue weighted by Crippen LogP contribution is 2.34. The van der Waals surface area contributed by atoms with Crippen LogP contribution in [0.5, 0.6) is 0 Å². The molecule has 1 fully saturated rings. The van der Waals surface area contributed by atoms with Crippen LogP contribution in [0.1, 0.15) is 11.5 Å². The Bertz CT molecular complexity index is 1250. The second-order valence-electron chi connectivity index (χ2n) is 7.13. The molecule has 2 aliphatic rings. The van der Waals surface area contributed by atoms with Gasteiger partial charge in [0.05, 0.1) is 10.7 Å². The summed E-state index contributed by atoms with van der Waals surface area (Å²) < 4.78 is 18.8. The fraction of sp³-hybridized carbons (Fsp3) is 0.200. The minimum atomic E-state index is -1.00. The highest BCUT2D eigenvalue weighted by Gasteiger charge is 2.55. The third-order valence-electron chi connectivity index (χ3n) is 5.17. The molecule has 3 aromatic rings. The standard InChI is InChI=1S/C20H14ClFN6O3/c1-10-4-2-3-5-12(10)18-23-15(31-25-18)9-27-17-16(24-26-27)19(29)28(20(17)30)11-6-7-14(22)13(21)8-11/h2-8,16-17H,9H2,1H3/t16-,17-/m1/s1. The lowest BCUT2D eigenvalue weighted by molar-refractivity contribution is -0.123. The molecule has 0 N–H and O–H groups in total. The van der Waals surface area contributed by atoms with Gasteiger partial charge in [0.1, 0.15) is 12.4 Å². The molecule has 2 atom stereocenters. The van der Waals surface area contributed by atoms with E-state index in [1.54, 1.807) is 0 Å². The van der Waals surface area contributed by atoms with E-state index in [1.165, 1.54) is 17.1 Å². The van der Waals surface area contributed by atoms with Crippen molar-refractivity contribution >= 4 is 29.1 Å². The molecule has 0 bridgehead atoms. The smallest absolute Gasteiger partial charge is 0.263 e. The summed E-state index contributed by atoms with van der Waals surface area (Å²) in [6, 6.07) is 9.26. The molecule has 0 unspecified atom stereocenters. The van der Waals surface area contributed by atoms with Crippen LogP contribution in [0.2, 0.25) is 5.02 Å². The van der Waals surface area contributed by atoms with Crippen LogP contribution in [0.3, 0.4) is 0 Å². The Labute approximate surface area is 180 Å². The summed E-state index contributed by atoms with van der Waals surface area (Å²) in [4.78, 5) is 31.1. The third kappa shape index (κ3) is 3.15. The van der Waals surface area contributed by atoms with Gasteiger partial charge in [-0.05, 0) is 30.7 Å². The maximum atomic E-state index is 13.5. The maximum Gasteiger partial charge on any atom is 0.263 e. The molecule has 31 heavy (non-hydrogen) atoms. The normalized spacial score (nSPS) is 20.1. The van der Waals surface area contributed by atoms with Crippen molar-refractivity contribution in [2.45, 2.75) is 25.6 Å². The summed E-state index contributed by atoms with van der Waals surface area (Å²) in [5, 5.41) is 13.0. The second-order valence-corrected chi connectivity index (χ2v) is 7.54. The molecule has 11 heteroatoms. The van der Waals surface area contributed by atoms with Crippen molar-refractivity contribution in [1.82, 2.24) is 15.1 Å². The van der Waals surface area contributed by atoms with E-state index in [-0.39, 0.29) is 23.1 Å². The zero-order chi connectivity index (χ0) is 21.7. The van der Waals surface area contributed by atoms with Gasteiger partial charge in [-0.25, -0.2) is 9.29 Å². The second kappa shape index (κ2) is 7.24. The van der Waals surface area contributed by atoms with Gasteiger partial charge in [-0.2, -0.15) is 10.1 Å². The number of fused-ring (bicyclic) bond motifs is 1. The van der Waals surface area contributed by atoms with Crippen molar-refractivity contribution in [3.05, 3.63) is 64.8 Å². The van der Waals surface area contributed by atoms with Gasteiger partial charge >= 0.3 is 0 Å². The molecule has 156 valence electrons. The van der Waals surface area contributed by atoms with Gasteiger partial charge in [0.2, 0.25) is 11.7 Å². The largest absolute Gasteiger partial charge is 0.337 e. The number of carbonyl (C=O) groups is 2. The SMILES string of the molecule is Cc1ccccc1-c1noc(CN2N=N[C@H]3C(=O)N(c4ccc(F)c(Cl)c4)C(=O)[C@@H]32)n1. The highest BCUT2D eigenvalue weighted by atomic mass is 35.5. The first-order chi connectivity index (χ1) is 14.9. The minimum absolute atomic E-state index is 0.000577. The van der Waals surface area contributed by atoms with E-state index in [0.717, 1.165) is 22.1 Å². The Morgan fingerprint density at radius 2 is 1.97 bits per heavy atom. The number of imide groups is 1. The number of hydrogen-bond donors (Lipinski definition) is 0. The van der Waals surface area contributed by atoms with Crippen LogP contribution in [0.15, 0.2) is 57.3 Å². The summed E-state index contributed by atoms with van der Waals surface area (Å²) in [7, 11) is 0. The van der Waals surface area contributed by atoms with Gasteiger partial charge < -0.3 is 4.52 Å². The molecule has 0 saturated carbocycles. The van der Waals surface area contributed by atoms with Gasteiger partial charge in [0.15, 0.2) is 12.1 Å². The van der Waals surface area contributed by atoms with E-state index in [0.29, 0.717) is 5.82 Å². The Hall–Kier alpha value is -3.66. The number of anilines is 1. The topological polar surface area (TPSA) is 104 Å². The monoisotopic (exact) mass is 440 g/mol. The number of halogens is 2. The van der Waals surface area contributed by atoms with Gasteiger partial charge in [-0.3, -0.25) is 14.6 Å². The number of amides is 2. The number of aromatic nitrogens is 2. The van der Waals surface area contributed by atoms with Crippen molar-refractivity contribution < 1.29 is 18.5 Å². The summed E-state index contributed by atoms with van der Waals surface area (Å²) in [5.74, 6) is -1.11. The van der Waals surface area contributed by atoms with Crippen LogP contribution < -0.4 is 4.90 Å². The molecular formula is C20H14ClFN6O3. The quantitative estimate of drug-likeness (QED) is 0.576. The Balaban J connectivity index is 1.38. The zero-order valence-corrected chi connectivity index (χ0v) is 16.8. The Morgan fingerprint density at radius 1 is 1.16 bits per heavy atom. The van der Waals surface area contributed by atoms with Crippen molar-refractivity contribution in [3.8, 4) is 11.4 Å². The van der Waals surface area contributed by atoms with E-state index in [4.69, 9.17) is 16.1 Å². The number of rotatable bonds is 4. The van der Waals surface area contributed by atoms with Crippen molar-refractivity contribution in [2.24, 2.45) is 10.3 Å². The van der Waals surface area contributed by atoms with Crippen molar-refractivity contribution in [3.63, 3.8) is 0 Å². The fourth-order valence-corrected chi connectivity index (χ4v) is 3.80. The predicted octanol–water partition coefficient (Wildman–Crippen LogP) is 3.33. The zero-order valence-electron chi connectivity index (χ0n) is 16.1. The first kappa shape index (κ1) is 19.3. The molecule has 0 radical (unpaired) electrons. The molecule has 2 aliphatic heterocycles. The van der Waals surface area contributed by atoms with Gasteiger partial charge in [-0.1, -0.05) is 46.2 Å². The summed E-state index contributed by atoms with van der Waals surface area (Å²) in [6.07, 6.45) is 0. The van der Waals surface area contributed by atoms with Crippen molar-refractivity contribution in [2.75, 3.05) is 4.90 Å². The average molecular weight is 441 g/mol. The number of nitrogens with zero attached hydrogens (tertiary/aromatic N) is 6. The molecular weight excluding hydrogens is 427 g/mol. The van der Waals surface area contributed by atoms with Crippen LogP contribution in [0.4, 0.5) is 10.1 Å². The fourth-order valence-electron chi connectivity index (χ4n) is 3.62. The van der Waals surface area contributed by atoms with Crippen molar-refractivity contribution in [1.29, 1.82) is 0 Å². The van der Waals surface area contributed by atoms with Gasteiger partial charge in [0, 0.05) is 5.56 Å². The highest BCUT2D eigenvalue weighted by molar-refractivity contribution is 6.32. The average Bonchev–Trinajstić information content (AvgIpc) is 3.43. The maximum absolute atomic E-state index is 13.5. The molecule has 9 nitrogen and oxygen atoms in total. The van der Waals surface area contributed by atoms with Crippen LogP contribution in [0.25, 0.3) is 11.4 Å². The Kier molecular flexibility index (Phi) is 4.51. The third-order valence-corrected chi connectivity index (χ3v) is 5.46. The number of carbonyl (C=O) groups excluding carboxylic acids is 2. The lowest BCUT2D eigenvalue weighted by atomic mass is 10.1. The van der Waals surface area contributed by atoms with E-state index in [1.807, 2.05) is 31.2 Å². The first-order valence-electron chi connectivity index (χ1n) is 9.33. The first-order valence-corrected chi connectivity index (χ1v) is 9.70. The number of hydrogen-bond acceptors (Lipinski definition) is 8. The van der Waals surface area contributed by atoms with Crippen LogP contribution >= 0.6 is 11.6 Å². The lowest BCUT2D eigenvalue weighted by Gasteiger charge is -2.19. The van der Waals surface area contributed by atoms with Crippen LogP contribution in [0, 0.1) is 12.7 Å². The lowest BCUT2D eigenvalue weighted by Crippen LogP contribution is -2.39. The molecule has 0 spiro atoms. The molecule has 1 saturated heterocycles. The van der Waals surface area contributed by atoms with E-state index < -0.39 is 29.7 Å². The van der Waals surface area contributed by atoms with Crippen LogP contribution in [-0.2, 0) is 16.1 Å². The molecule has 0 aliphatic carbocycles. The van der Waals surface area contributed by atoms with E-state index >= 15 is 0 Å².